The van der Waals surface area contributed by atoms with Crippen molar-refractivity contribution in [3.63, 3.8) is 0 Å². The molecule has 0 aliphatic carbocycles. The van der Waals surface area contributed by atoms with Crippen LogP contribution < -0.4 is 15.2 Å². The van der Waals surface area contributed by atoms with Crippen molar-refractivity contribution in [2.75, 3.05) is 32.1 Å². The number of ketones is 1. The Bertz CT molecular complexity index is 1560. The van der Waals surface area contributed by atoms with E-state index < -0.39 is 48.0 Å². The van der Waals surface area contributed by atoms with Gasteiger partial charge in [0.2, 0.25) is 12.2 Å². The fourth-order valence-electron chi connectivity index (χ4n) is 5.65. The fraction of sp³-hybridized carbons (Fsp3) is 0.321. The molecule has 208 valence electrons. The van der Waals surface area contributed by atoms with E-state index in [2.05, 4.69) is 4.74 Å². The molecule has 1 fully saturated rings. The summed E-state index contributed by atoms with van der Waals surface area (Å²) in [6.07, 6.45) is 0.838. The number of hydrogen-bond donors (Lipinski definition) is 0. The lowest BCUT2D eigenvalue weighted by Gasteiger charge is -2.49. The Balaban J connectivity index is 1.58. The molecule has 0 amide bonds. The summed E-state index contributed by atoms with van der Waals surface area (Å²) in [4.78, 5) is 39.2. The number of carbonyl (C=O) groups is 2. The third-order valence-electron chi connectivity index (χ3n) is 7.44. The van der Waals surface area contributed by atoms with Crippen molar-refractivity contribution in [1.82, 2.24) is 4.68 Å². The Morgan fingerprint density at radius 1 is 1.12 bits per heavy atom. The normalized spacial score (nSPS) is 21.3. The Morgan fingerprint density at radius 3 is 2.77 bits per heavy atom. The van der Waals surface area contributed by atoms with Crippen LogP contribution in [0.4, 0.5) is 13.6 Å². The van der Waals surface area contributed by atoms with Gasteiger partial charge in [-0.25, -0.2) is 13.6 Å². The molecule has 2 aromatic carbocycles. The molecule has 0 N–H and O–H groups in total. The molecular weight excluding hydrogens is 546 g/mol. The summed E-state index contributed by atoms with van der Waals surface area (Å²) in [5, 5.41) is 1.90. The summed E-state index contributed by atoms with van der Waals surface area (Å²) in [7, 11) is 1.13. The maximum absolute atomic E-state index is 15.3. The second-order valence-corrected chi connectivity index (χ2v) is 10.5. The number of Topliss-reactive ketones (excluding diaryl/α,β-unsaturated/α-hetero) is 1. The van der Waals surface area contributed by atoms with Gasteiger partial charge in [-0.1, -0.05) is 24.3 Å². The fourth-order valence-corrected chi connectivity index (χ4v) is 6.77. The number of ether oxygens (including phenoxy) is 4. The van der Waals surface area contributed by atoms with Crippen molar-refractivity contribution in [2.24, 2.45) is 5.92 Å². The number of benzene rings is 2. The molecule has 0 spiro atoms. The minimum Gasteiger partial charge on any atom is -0.451 e. The summed E-state index contributed by atoms with van der Waals surface area (Å²) in [5.74, 6) is -2.83. The molecule has 6 rings (SSSR count). The highest BCUT2D eigenvalue weighted by Crippen LogP contribution is 2.46. The lowest BCUT2D eigenvalue weighted by atomic mass is 9.83. The van der Waals surface area contributed by atoms with Crippen molar-refractivity contribution >= 4 is 23.7 Å². The van der Waals surface area contributed by atoms with E-state index in [-0.39, 0.29) is 35.1 Å². The summed E-state index contributed by atoms with van der Waals surface area (Å²) in [5.41, 5.74) is 0.988. The average molecular weight is 571 g/mol. The number of fused-ring (bicyclic) bond motifs is 4. The number of hydrogen-bond acceptors (Lipinski definition) is 9. The van der Waals surface area contributed by atoms with E-state index in [0.29, 0.717) is 18.6 Å². The van der Waals surface area contributed by atoms with Gasteiger partial charge in [-0.05, 0) is 29.7 Å². The van der Waals surface area contributed by atoms with Gasteiger partial charge in [0.05, 0.1) is 31.7 Å². The lowest BCUT2D eigenvalue weighted by molar-refractivity contribution is 0.0115. The highest BCUT2D eigenvalue weighted by atomic mass is 32.2. The molecule has 4 heterocycles. The minimum absolute atomic E-state index is 0.0253. The molecule has 3 aliphatic rings. The molecule has 1 saturated heterocycles. The number of rotatable bonds is 4. The number of aromatic nitrogens is 1. The van der Waals surface area contributed by atoms with Crippen LogP contribution in [-0.2, 0) is 20.0 Å². The van der Waals surface area contributed by atoms with E-state index in [0.717, 1.165) is 23.6 Å². The quantitative estimate of drug-likeness (QED) is 0.338. The van der Waals surface area contributed by atoms with Gasteiger partial charge < -0.3 is 18.9 Å². The van der Waals surface area contributed by atoms with Gasteiger partial charge in [-0.15, -0.1) is 11.8 Å². The van der Waals surface area contributed by atoms with Crippen LogP contribution in [0.5, 0.6) is 5.75 Å². The summed E-state index contributed by atoms with van der Waals surface area (Å²) in [6.45, 7) is -0.110. The van der Waals surface area contributed by atoms with Crippen LogP contribution in [0.25, 0.3) is 0 Å². The molecule has 40 heavy (non-hydrogen) atoms. The number of pyridine rings is 1. The van der Waals surface area contributed by atoms with Gasteiger partial charge in [0.1, 0.15) is 0 Å². The van der Waals surface area contributed by atoms with E-state index in [9.17, 15) is 18.8 Å². The largest absolute Gasteiger partial charge is 0.510 e. The lowest BCUT2D eigenvalue weighted by Crippen LogP contribution is -2.61. The molecule has 1 unspecified atom stereocenters. The molecular formula is C28H24F2N2O7S. The smallest absolute Gasteiger partial charge is 0.451 e. The molecule has 0 bridgehead atoms. The van der Waals surface area contributed by atoms with Crippen molar-refractivity contribution in [1.29, 1.82) is 0 Å². The Morgan fingerprint density at radius 2 is 1.95 bits per heavy atom. The number of thioether (sulfide) groups is 1. The van der Waals surface area contributed by atoms with Gasteiger partial charge in [0.15, 0.2) is 28.9 Å². The zero-order valence-electron chi connectivity index (χ0n) is 21.3. The molecule has 3 aliphatic heterocycles. The van der Waals surface area contributed by atoms with Crippen LogP contribution in [0.2, 0.25) is 0 Å². The van der Waals surface area contributed by atoms with E-state index >= 15 is 4.39 Å². The van der Waals surface area contributed by atoms with Crippen LogP contribution in [0.3, 0.4) is 0 Å². The van der Waals surface area contributed by atoms with Crippen LogP contribution in [0, 0.1) is 17.6 Å². The Hall–Kier alpha value is -3.90. The van der Waals surface area contributed by atoms with Crippen molar-refractivity contribution in [3.05, 3.63) is 92.9 Å². The van der Waals surface area contributed by atoms with Crippen LogP contribution in [0.1, 0.15) is 39.6 Å². The zero-order chi connectivity index (χ0) is 28.0. The van der Waals surface area contributed by atoms with Crippen LogP contribution in [-0.4, -0.2) is 49.8 Å². The van der Waals surface area contributed by atoms with E-state index in [1.165, 1.54) is 28.7 Å². The third-order valence-corrected chi connectivity index (χ3v) is 8.56. The van der Waals surface area contributed by atoms with E-state index in [4.69, 9.17) is 14.2 Å². The standard InChI is InChI=1S/C28H24F2N2O7S/c1-36-28(35)39-14-38-27-21(33)8-10-31-25(27)26(34)16-9-11-37-12-20(16)32(31)24-15-6-7-19(29)23(30)18(15)13-40-22-5-3-2-4-17(22)24/h2-8,10,16,20,24H,9,11-14H2,1H3/t16?,20-,24+/m1/s1. The number of methoxy groups -OCH3 is 1. The maximum Gasteiger partial charge on any atom is 0.510 e. The van der Waals surface area contributed by atoms with Crippen LogP contribution in [0.15, 0.2) is 58.4 Å². The second kappa shape index (κ2) is 10.6. The first-order valence-electron chi connectivity index (χ1n) is 12.6. The predicted octanol–water partition coefficient (Wildman–Crippen LogP) is 4.18. The highest BCUT2D eigenvalue weighted by molar-refractivity contribution is 7.98. The molecule has 9 nitrogen and oxygen atoms in total. The first-order valence-corrected chi connectivity index (χ1v) is 13.6. The Labute approximate surface area is 231 Å². The number of halogens is 2. The SMILES string of the molecule is COC(=O)OCOc1c2n(ccc1=O)N([C@@H]1c3ccccc3SCc3c1ccc(F)c3F)[C@@H]1COCCC1C2=O. The van der Waals surface area contributed by atoms with Gasteiger partial charge in [-0.3, -0.25) is 19.3 Å². The average Bonchev–Trinajstić information content (AvgIpc) is 3.13. The molecule has 0 radical (unpaired) electrons. The molecule has 1 aromatic heterocycles. The van der Waals surface area contributed by atoms with Gasteiger partial charge in [0.25, 0.3) is 0 Å². The van der Waals surface area contributed by atoms with Gasteiger partial charge in [0, 0.05) is 35.1 Å². The highest BCUT2D eigenvalue weighted by Gasteiger charge is 2.48. The summed E-state index contributed by atoms with van der Waals surface area (Å²) in [6, 6.07) is 10.3. The maximum atomic E-state index is 15.3. The molecule has 3 aromatic rings. The van der Waals surface area contributed by atoms with E-state index in [1.54, 1.807) is 6.07 Å². The summed E-state index contributed by atoms with van der Waals surface area (Å²) < 4.78 is 51.8. The molecule has 0 saturated carbocycles. The number of carbonyl (C=O) groups excluding carboxylic acids is 2. The number of nitrogens with zero attached hydrogens (tertiary/aromatic N) is 2. The zero-order valence-corrected chi connectivity index (χ0v) is 22.1. The van der Waals surface area contributed by atoms with Crippen molar-refractivity contribution in [2.45, 2.75) is 29.2 Å². The predicted molar refractivity (Wildman–Crippen MR) is 139 cm³/mol. The van der Waals surface area contributed by atoms with Gasteiger partial charge in [-0.2, -0.15) is 0 Å². The van der Waals surface area contributed by atoms with E-state index in [1.807, 2.05) is 29.3 Å². The minimum atomic E-state index is -1.01. The van der Waals surface area contributed by atoms with Crippen LogP contribution >= 0.6 is 11.8 Å². The summed E-state index contributed by atoms with van der Waals surface area (Å²) >= 11 is 1.40. The first kappa shape index (κ1) is 26.3. The monoisotopic (exact) mass is 570 g/mol. The van der Waals surface area contributed by atoms with Crippen molar-refractivity contribution < 1.29 is 37.3 Å². The topological polar surface area (TPSA) is 96.3 Å². The first-order chi connectivity index (χ1) is 19.4. The Kier molecular flexibility index (Phi) is 6.97. The van der Waals surface area contributed by atoms with Crippen molar-refractivity contribution in [3.8, 4) is 5.75 Å². The molecule has 12 heteroatoms. The third kappa shape index (κ3) is 4.31. The van der Waals surface area contributed by atoms with Gasteiger partial charge >= 0.3 is 6.16 Å². The second-order valence-electron chi connectivity index (χ2n) is 9.50. The molecule has 3 atom stereocenters.